The Balaban J connectivity index is 2.51. The van der Waals surface area contributed by atoms with Gasteiger partial charge in [-0.25, -0.2) is 8.42 Å². The van der Waals surface area contributed by atoms with E-state index in [0.29, 0.717) is 25.7 Å². The minimum atomic E-state index is -2.89. The normalized spacial score (nSPS) is 28.2. The highest BCUT2D eigenvalue weighted by molar-refractivity contribution is 7.91. The highest BCUT2D eigenvalue weighted by atomic mass is 32.2. The highest BCUT2D eigenvalue weighted by Gasteiger charge is 2.32. The van der Waals surface area contributed by atoms with Crippen molar-refractivity contribution in [1.82, 2.24) is 10.2 Å². The predicted octanol–water partition coefficient (Wildman–Crippen LogP) is -0.146. The Hall–Kier alpha value is -0.170. The van der Waals surface area contributed by atoms with Gasteiger partial charge < -0.3 is 10.4 Å². The zero-order valence-electron chi connectivity index (χ0n) is 11.8. The summed E-state index contributed by atoms with van der Waals surface area (Å²) in [6.45, 7) is 9.30. The lowest BCUT2D eigenvalue weighted by Gasteiger charge is -2.38. The van der Waals surface area contributed by atoms with Crippen LogP contribution in [0, 0.1) is 0 Å². The topological polar surface area (TPSA) is 69.6 Å². The number of nitrogens with one attached hydrogen (secondary N) is 1. The largest absolute Gasteiger partial charge is 0.388 e. The first kappa shape index (κ1) is 15.9. The Morgan fingerprint density at radius 1 is 1.50 bits per heavy atom. The van der Waals surface area contributed by atoms with Crippen LogP contribution in [0.15, 0.2) is 0 Å². The van der Waals surface area contributed by atoms with Gasteiger partial charge in [0.2, 0.25) is 0 Å². The first-order valence-electron chi connectivity index (χ1n) is 6.51. The van der Waals surface area contributed by atoms with Crippen molar-refractivity contribution in [2.24, 2.45) is 0 Å². The van der Waals surface area contributed by atoms with Crippen molar-refractivity contribution >= 4 is 9.84 Å². The molecule has 2 N–H and O–H groups in total. The van der Waals surface area contributed by atoms with Crippen LogP contribution in [0.4, 0.5) is 0 Å². The van der Waals surface area contributed by atoms with Gasteiger partial charge in [-0.1, -0.05) is 13.8 Å². The van der Waals surface area contributed by atoms with Crippen LogP contribution in [0.1, 0.15) is 27.7 Å². The second-order valence-electron chi connectivity index (χ2n) is 5.97. The van der Waals surface area contributed by atoms with E-state index >= 15 is 0 Å². The summed E-state index contributed by atoms with van der Waals surface area (Å²) in [6, 6.07) is 0.310. The lowest BCUT2D eigenvalue weighted by atomic mass is 10.1. The van der Waals surface area contributed by atoms with E-state index in [-0.39, 0.29) is 17.5 Å². The summed E-state index contributed by atoms with van der Waals surface area (Å²) in [5, 5.41) is 13.5. The quantitative estimate of drug-likeness (QED) is 0.732. The minimum Gasteiger partial charge on any atom is -0.388 e. The maximum absolute atomic E-state index is 11.5. The van der Waals surface area contributed by atoms with Crippen LogP contribution in [-0.2, 0) is 9.84 Å². The van der Waals surface area contributed by atoms with Gasteiger partial charge >= 0.3 is 0 Å². The van der Waals surface area contributed by atoms with Gasteiger partial charge in [0.25, 0.3) is 0 Å². The van der Waals surface area contributed by atoms with E-state index in [1.54, 1.807) is 6.92 Å². The molecule has 6 heteroatoms. The first-order chi connectivity index (χ1) is 8.11. The summed E-state index contributed by atoms with van der Waals surface area (Å²) in [7, 11) is -2.89. The van der Waals surface area contributed by atoms with Gasteiger partial charge in [0.05, 0.1) is 17.1 Å². The van der Waals surface area contributed by atoms with Crippen molar-refractivity contribution in [3.63, 3.8) is 0 Å². The molecule has 0 aromatic carbocycles. The van der Waals surface area contributed by atoms with Crippen molar-refractivity contribution in [3.05, 3.63) is 0 Å². The van der Waals surface area contributed by atoms with Crippen LogP contribution < -0.4 is 5.32 Å². The number of nitrogens with zero attached hydrogens (tertiary/aromatic N) is 1. The molecular weight excluding hydrogens is 252 g/mol. The van der Waals surface area contributed by atoms with Crippen LogP contribution in [0.2, 0.25) is 0 Å². The second-order valence-corrected chi connectivity index (χ2v) is 8.20. The third-order valence-corrected chi connectivity index (χ3v) is 5.04. The third kappa shape index (κ3) is 5.22. The molecule has 5 nitrogen and oxygen atoms in total. The van der Waals surface area contributed by atoms with Crippen LogP contribution in [0.25, 0.3) is 0 Å². The summed E-state index contributed by atoms with van der Waals surface area (Å²) in [6.07, 6.45) is 0. The first-order valence-corrected chi connectivity index (χ1v) is 8.34. The molecule has 0 radical (unpaired) electrons. The molecule has 1 saturated heterocycles. The number of aliphatic hydroxyl groups is 1. The monoisotopic (exact) mass is 278 g/mol. The second kappa shape index (κ2) is 5.86. The fourth-order valence-corrected chi connectivity index (χ4v) is 3.81. The molecule has 0 aromatic heterocycles. The van der Waals surface area contributed by atoms with Gasteiger partial charge in [-0.2, -0.15) is 0 Å². The fourth-order valence-electron chi connectivity index (χ4n) is 2.19. The molecule has 1 rings (SSSR count). The molecule has 0 aliphatic carbocycles. The third-order valence-electron chi connectivity index (χ3n) is 3.24. The van der Waals surface area contributed by atoms with Gasteiger partial charge in [-0.3, -0.25) is 4.90 Å². The molecule has 2 atom stereocenters. The molecule has 108 valence electrons. The van der Waals surface area contributed by atoms with E-state index in [4.69, 9.17) is 0 Å². The molecule has 1 aliphatic rings. The van der Waals surface area contributed by atoms with Gasteiger partial charge in [0.1, 0.15) is 0 Å². The maximum atomic E-state index is 11.5. The van der Waals surface area contributed by atoms with Crippen LogP contribution in [0.5, 0.6) is 0 Å². The van der Waals surface area contributed by atoms with Crippen molar-refractivity contribution in [3.8, 4) is 0 Å². The average molecular weight is 278 g/mol. The molecule has 1 fully saturated rings. The smallest absolute Gasteiger partial charge is 0.153 e. The van der Waals surface area contributed by atoms with Crippen molar-refractivity contribution in [1.29, 1.82) is 0 Å². The number of hydrogen-bond acceptors (Lipinski definition) is 5. The number of β-amino-alcohol motifs (C(OH)–C–C–N with tert-alkyl or cyclic N) is 1. The average Bonchev–Trinajstić information content (AvgIpc) is 2.19. The highest BCUT2D eigenvalue weighted by Crippen LogP contribution is 2.15. The van der Waals surface area contributed by atoms with E-state index in [2.05, 4.69) is 10.2 Å². The Bertz CT molecular complexity index is 366. The van der Waals surface area contributed by atoms with Crippen molar-refractivity contribution in [2.45, 2.75) is 45.4 Å². The van der Waals surface area contributed by atoms with Crippen LogP contribution in [-0.4, -0.2) is 67.2 Å². The van der Waals surface area contributed by atoms with E-state index in [9.17, 15) is 13.5 Å². The molecule has 18 heavy (non-hydrogen) atoms. The molecule has 2 unspecified atom stereocenters. The van der Waals surface area contributed by atoms with Gasteiger partial charge in [0.15, 0.2) is 9.84 Å². The van der Waals surface area contributed by atoms with E-state index in [0.717, 1.165) is 0 Å². The summed E-state index contributed by atoms with van der Waals surface area (Å²) in [5.41, 5.74) is -0.834. The summed E-state index contributed by atoms with van der Waals surface area (Å²) in [4.78, 5) is 2.06. The van der Waals surface area contributed by atoms with Crippen molar-refractivity contribution < 1.29 is 13.5 Å². The number of sulfone groups is 1. The van der Waals surface area contributed by atoms with E-state index in [1.165, 1.54) is 0 Å². The summed E-state index contributed by atoms with van der Waals surface area (Å²) in [5.74, 6) is 0.395. The lowest BCUT2D eigenvalue weighted by molar-refractivity contribution is 0.0105. The van der Waals surface area contributed by atoms with E-state index < -0.39 is 15.4 Å². The van der Waals surface area contributed by atoms with Crippen LogP contribution in [0.3, 0.4) is 0 Å². The van der Waals surface area contributed by atoms with Crippen LogP contribution >= 0.6 is 0 Å². The molecule has 1 heterocycles. The van der Waals surface area contributed by atoms with Gasteiger partial charge in [-0.05, 0) is 13.8 Å². The SMILES string of the molecule is CC(C)NCC(C)(O)CN1CCS(=O)(=O)CC1C. The number of rotatable bonds is 5. The van der Waals surface area contributed by atoms with E-state index in [1.807, 2.05) is 20.8 Å². The molecule has 0 saturated carbocycles. The fraction of sp³-hybridized carbons (Fsp3) is 1.00. The van der Waals surface area contributed by atoms with Gasteiger partial charge in [0, 0.05) is 31.7 Å². The predicted molar refractivity (Wildman–Crippen MR) is 73.5 cm³/mol. The molecule has 0 aromatic rings. The van der Waals surface area contributed by atoms with Gasteiger partial charge in [-0.15, -0.1) is 0 Å². The Labute approximate surface area is 110 Å². The molecule has 0 bridgehead atoms. The summed E-state index contributed by atoms with van der Waals surface area (Å²) >= 11 is 0. The molecular formula is C12H26N2O3S. The molecule has 1 aliphatic heterocycles. The standard InChI is InChI=1S/C12H26N2O3S/c1-10(2)13-8-12(4,15)9-14-5-6-18(16,17)7-11(14)3/h10-11,13,15H,5-9H2,1-4H3. The minimum absolute atomic E-state index is 0.0192. The number of hydrogen-bond donors (Lipinski definition) is 2. The van der Waals surface area contributed by atoms with Crippen molar-refractivity contribution in [2.75, 3.05) is 31.1 Å². The molecule has 0 spiro atoms. The zero-order chi connectivity index (χ0) is 14.0. The Morgan fingerprint density at radius 2 is 2.11 bits per heavy atom. The molecule has 0 amide bonds. The Kier molecular flexibility index (Phi) is 5.17. The zero-order valence-corrected chi connectivity index (χ0v) is 12.6. The Morgan fingerprint density at radius 3 is 2.61 bits per heavy atom. The summed E-state index contributed by atoms with van der Waals surface area (Å²) < 4.78 is 23.0. The lowest BCUT2D eigenvalue weighted by Crippen LogP contribution is -2.55. The maximum Gasteiger partial charge on any atom is 0.153 e.